The number of nitrogens with one attached hydrogen (secondary N) is 2. The highest BCUT2D eigenvalue weighted by atomic mass is 16.6. The number of ether oxygens (including phenoxy) is 1. The highest BCUT2D eigenvalue weighted by molar-refractivity contribution is 6.01. The summed E-state index contributed by atoms with van der Waals surface area (Å²) in [7, 11) is 0. The maximum Gasteiger partial charge on any atom is 0.408 e. The maximum absolute atomic E-state index is 14.0. The van der Waals surface area contributed by atoms with Crippen LogP contribution in [0.3, 0.4) is 0 Å². The highest BCUT2D eigenvalue weighted by Gasteiger charge is 2.36. The number of hydrogen-bond acceptors (Lipinski definition) is 5. The van der Waals surface area contributed by atoms with Crippen LogP contribution in [0, 0.1) is 0 Å². The number of nitrogens with two attached hydrogens (primary N) is 1. The zero-order valence-electron chi connectivity index (χ0n) is 24.4. The standard InChI is InChI=1S/C32H40N4O5/c1-6-18-36(30(39)26(20-27(33)37)35-31(40)41-32(3,4)5)28(23-14-12-21(7-2)13-15-23)29(38)34-25-17-16-22-10-8-9-11-24(22)19-25/h8-17,19,26,28H,6-7,18,20H2,1-5H3,(H2,33,37)(H,34,38)(H,35,40). The van der Waals surface area contributed by atoms with Gasteiger partial charge in [0.2, 0.25) is 11.8 Å². The first kappa shape index (κ1) is 31.1. The van der Waals surface area contributed by atoms with Gasteiger partial charge in [0.15, 0.2) is 0 Å². The molecule has 0 aromatic heterocycles. The number of nitrogens with zero attached hydrogens (tertiary/aromatic N) is 1. The quantitative estimate of drug-likeness (QED) is 0.301. The highest BCUT2D eigenvalue weighted by Crippen LogP contribution is 2.27. The Morgan fingerprint density at radius 1 is 0.927 bits per heavy atom. The molecule has 4 amide bonds. The molecule has 0 heterocycles. The SMILES string of the molecule is CCCN(C(=O)C(CC(N)=O)NC(=O)OC(C)(C)C)C(C(=O)Nc1ccc2ccccc2c1)c1ccc(CC)cc1. The van der Waals surface area contributed by atoms with Crippen LogP contribution in [0.25, 0.3) is 10.8 Å². The number of anilines is 1. The van der Waals surface area contributed by atoms with Crippen molar-refractivity contribution in [1.82, 2.24) is 10.2 Å². The van der Waals surface area contributed by atoms with Crippen LogP contribution >= 0.6 is 0 Å². The molecule has 218 valence electrons. The molecule has 9 heteroatoms. The van der Waals surface area contributed by atoms with Crippen LogP contribution in [-0.4, -0.2) is 46.9 Å². The fourth-order valence-electron chi connectivity index (χ4n) is 4.54. The summed E-state index contributed by atoms with van der Waals surface area (Å²) in [6.45, 7) is 9.16. The first-order chi connectivity index (χ1) is 19.4. The minimum absolute atomic E-state index is 0.190. The summed E-state index contributed by atoms with van der Waals surface area (Å²) < 4.78 is 5.32. The molecule has 2 atom stereocenters. The Hall–Kier alpha value is -4.40. The largest absolute Gasteiger partial charge is 0.444 e. The van der Waals surface area contributed by atoms with E-state index < -0.39 is 47.9 Å². The third kappa shape index (κ3) is 8.79. The van der Waals surface area contributed by atoms with Crippen LogP contribution in [0.5, 0.6) is 0 Å². The number of fused-ring (bicyclic) bond motifs is 1. The van der Waals surface area contributed by atoms with E-state index in [1.54, 1.807) is 20.8 Å². The molecule has 0 fully saturated rings. The van der Waals surface area contributed by atoms with Crippen molar-refractivity contribution in [3.63, 3.8) is 0 Å². The van der Waals surface area contributed by atoms with Crippen molar-refractivity contribution in [2.75, 3.05) is 11.9 Å². The molecule has 0 radical (unpaired) electrons. The second kappa shape index (κ2) is 13.8. The average Bonchev–Trinajstić information content (AvgIpc) is 2.91. The van der Waals surface area contributed by atoms with Crippen molar-refractivity contribution >= 4 is 40.3 Å². The number of rotatable bonds is 11. The van der Waals surface area contributed by atoms with E-state index in [-0.39, 0.29) is 6.54 Å². The van der Waals surface area contributed by atoms with Crippen LogP contribution < -0.4 is 16.4 Å². The summed E-state index contributed by atoms with van der Waals surface area (Å²) in [4.78, 5) is 53.9. The Kier molecular flexibility index (Phi) is 10.5. The lowest BCUT2D eigenvalue weighted by Gasteiger charge is -2.34. The van der Waals surface area contributed by atoms with Crippen molar-refractivity contribution in [2.45, 2.75) is 71.6 Å². The Bertz CT molecular complexity index is 1380. The van der Waals surface area contributed by atoms with Gasteiger partial charge in [-0.25, -0.2) is 4.79 Å². The molecule has 0 spiro atoms. The molecule has 0 aliphatic carbocycles. The number of aryl methyl sites for hydroxylation is 1. The van der Waals surface area contributed by atoms with Gasteiger partial charge in [-0.2, -0.15) is 0 Å². The minimum atomic E-state index is -1.32. The second-order valence-electron chi connectivity index (χ2n) is 10.9. The summed E-state index contributed by atoms with van der Waals surface area (Å²) in [5.74, 6) is -1.82. The summed E-state index contributed by atoms with van der Waals surface area (Å²) in [6, 6.07) is 18.5. The van der Waals surface area contributed by atoms with E-state index in [9.17, 15) is 19.2 Å². The number of alkyl carbamates (subject to hydrolysis) is 1. The lowest BCUT2D eigenvalue weighted by Crippen LogP contribution is -2.53. The fraction of sp³-hybridized carbons (Fsp3) is 0.375. The van der Waals surface area contributed by atoms with E-state index in [0.717, 1.165) is 22.8 Å². The van der Waals surface area contributed by atoms with Gasteiger partial charge < -0.3 is 26.0 Å². The summed E-state index contributed by atoms with van der Waals surface area (Å²) >= 11 is 0. The molecule has 41 heavy (non-hydrogen) atoms. The molecule has 0 bridgehead atoms. The molecule has 9 nitrogen and oxygen atoms in total. The second-order valence-corrected chi connectivity index (χ2v) is 10.9. The first-order valence-corrected chi connectivity index (χ1v) is 13.9. The lowest BCUT2D eigenvalue weighted by atomic mass is 9.99. The molecule has 0 saturated heterocycles. The topological polar surface area (TPSA) is 131 Å². The van der Waals surface area contributed by atoms with E-state index in [2.05, 4.69) is 10.6 Å². The van der Waals surface area contributed by atoms with Crippen molar-refractivity contribution in [3.05, 3.63) is 77.9 Å². The number of benzene rings is 3. The van der Waals surface area contributed by atoms with Gasteiger partial charge in [-0.1, -0.05) is 68.4 Å². The van der Waals surface area contributed by atoms with Gasteiger partial charge in [0.1, 0.15) is 17.7 Å². The van der Waals surface area contributed by atoms with Crippen molar-refractivity contribution in [1.29, 1.82) is 0 Å². The van der Waals surface area contributed by atoms with E-state index >= 15 is 0 Å². The lowest BCUT2D eigenvalue weighted by molar-refractivity contribution is -0.141. The molecule has 0 aliphatic heterocycles. The maximum atomic E-state index is 14.0. The molecule has 0 saturated carbocycles. The molecular weight excluding hydrogens is 520 g/mol. The Balaban J connectivity index is 2.01. The minimum Gasteiger partial charge on any atom is -0.444 e. The number of hydrogen-bond donors (Lipinski definition) is 3. The molecule has 3 aromatic rings. The van der Waals surface area contributed by atoms with Gasteiger partial charge in [-0.05, 0) is 67.6 Å². The first-order valence-electron chi connectivity index (χ1n) is 13.9. The third-order valence-corrected chi connectivity index (χ3v) is 6.42. The van der Waals surface area contributed by atoms with Gasteiger partial charge in [-0.15, -0.1) is 0 Å². The Morgan fingerprint density at radius 3 is 2.17 bits per heavy atom. The summed E-state index contributed by atoms with van der Waals surface area (Å²) in [6.07, 6.45) is 0.0187. The van der Waals surface area contributed by atoms with E-state index in [1.165, 1.54) is 4.90 Å². The van der Waals surface area contributed by atoms with Crippen molar-refractivity contribution < 1.29 is 23.9 Å². The van der Waals surface area contributed by atoms with Gasteiger partial charge in [0.05, 0.1) is 6.42 Å². The fourth-order valence-corrected chi connectivity index (χ4v) is 4.54. The van der Waals surface area contributed by atoms with Crippen molar-refractivity contribution in [3.8, 4) is 0 Å². The molecule has 3 rings (SSSR count). The molecule has 4 N–H and O–H groups in total. The summed E-state index contributed by atoms with van der Waals surface area (Å²) in [5.41, 5.74) is 6.88. The number of carbonyl (C=O) groups is 4. The molecule has 0 aliphatic rings. The van der Waals surface area contributed by atoms with E-state index in [0.29, 0.717) is 17.7 Å². The number of amides is 4. The van der Waals surface area contributed by atoms with Crippen LogP contribution in [0.4, 0.5) is 10.5 Å². The van der Waals surface area contributed by atoms with Crippen LogP contribution in [0.2, 0.25) is 0 Å². The van der Waals surface area contributed by atoms with E-state index in [1.807, 2.05) is 80.6 Å². The monoisotopic (exact) mass is 560 g/mol. The van der Waals surface area contributed by atoms with Crippen LogP contribution in [0.1, 0.15) is 64.6 Å². The zero-order valence-corrected chi connectivity index (χ0v) is 24.4. The van der Waals surface area contributed by atoms with Gasteiger partial charge >= 0.3 is 6.09 Å². The third-order valence-electron chi connectivity index (χ3n) is 6.42. The predicted octanol–water partition coefficient (Wildman–Crippen LogP) is 5.09. The predicted molar refractivity (Wildman–Crippen MR) is 160 cm³/mol. The average molecular weight is 561 g/mol. The van der Waals surface area contributed by atoms with Gasteiger partial charge in [-0.3, -0.25) is 14.4 Å². The molecule has 2 unspecified atom stereocenters. The van der Waals surface area contributed by atoms with Crippen molar-refractivity contribution in [2.24, 2.45) is 5.73 Å². The zero-order chi connectivity index (χ0) is 30.2. The normalized spacial score (nSPS) is 12.7. The Morgan fingerprint density at radius 2 is 1.59 bits per heavy atom. The molecule has 3 aromatic carbocycles. The Labute approximate surface area is 241 Å². The van der Waals surface area contributed by atoms with Gasteiger partial charge in [0, 0.05) is 12.2 Å². The number of carbonyl (C=O) groups excluding carboxylic acids is 4. The summed E-state index contributed by atoms with van der Waals surface area (Å²) in [5, 5.41) is 7.45. The van der Waals surface area contributed by atoms with Crippen LogP contribution in [-0.2, 0) is 25.5 Å². The van der Waals surface area contributed by atoms with Crippen LogP contribution in [0.15, 0.2) is 66.7 Å². The molecular formula is C32H40N4O5. The smallest absolute Gasteiger partial charge is 0.408 e. The van der Waals surface area contributed by atoms with E-state index in [4.69, 9.17) is 10.5 Å². The van der Waals surface area contributed by atoms with Gasteiger partial charge in [0.25, 0.3) is 5.91 Å². The number of primary amides is 1.